The topological polar surface area (TPSA) is 120 Å². The molecule has 0 radical (unpaired) electrons. The molecule has 2 atom stereocenters. The van der Waals surface area contributed by atoms with Gasteiger partial charge in [-0.05, 0) is 41.0 Å². The third-order valence-corrected chi connectivity index (χ3v) is 7.08. The highest BCUT2D eigenvalue weighted by Crippen LogP contribution is 2.23. The largest absolute Gasteiger partial charge is 0.479 e. The molecule has 0 aliphatic heterocycles. The Hall–Kier alpha value is -2.30. The average Bonchev–Trinajstić information content (AvgIpc) is 2.84. The molecule has 0 saturated carbocycles. The molecule has 0 rings (SSSR count). The lowest BCUT2D eigenvalue weighted by molar-refractivity contribution is -0.158. The molecule has 0 aromatic carbocycles. The first-order valence-corrected chi connectivity index (χ1v) is 15.3. The van der Waals surface area contributed by atoms with Gasteiger partial charge in [-0.1, -0.05) is 103 Å². The number of amides is 2. The van der Waals surface area contributed by atoms with Crippen molar-refractivity contribution in [2.75, 3.05) is 6.54 Å². The van der Waals surface area contributed by atoms with Crippen LogP contribution < -0.4 is 5.32 Å². The van der Waals surface area contributed by atoms with E-state index in [2.05, 4.69) is 12.2 Å². The van der Waals surface area contributed by atoms with Gasteiger partial charge in [0.2, 0.25) is 5.91 Å². The van der Waals surface area contributed by atoms with Crippen LogP contribution in [0.1, 0.15) is 151 Å². The predicted molar refractivity (Wildman–Crippen MR) is 156 cm³/mol. The summed E-state index contributed by atoms with van der Waals surface area (Å²) in [6, 6.07) is 0.918. The van der Waals surface area contributed by atoms with E-state index in [1.165, 1.54) is 95.8 Å². The molecule has 0 aliphatic carbocycles. The van der Waals surface area contributed by atoms with Gasteiger partial charge in [0, 0.05) is 6.54 Å². The van der Waals surface area contributed by atoms with E-state index in [9.17, 15) is 24.8 Å². The summed E-state index contributed by atoms with van der Waals surface area (Å²) < 4.78 is 5.22. The summed E-state index contributed by atoms with van der Waals surface area (Å²) in [6.45, 7) is 10.5. The van der Waals surface area contributed by atoms with Crippen molar-refractivity contribution < 1.29 is 24.2 Å². The molecule has 8 nitrogen and oxygen atoms in total. The van der Waals surface area contributed by atoms with Crippen LogP contribution in [0.3, 0.4) is 0 Å². The van der Waals surface area contributed by atoms with E-state index in [1.807, 2.05) is 6.07 Å². The molecule has 0 aromatic heterocycles. The van der Waals surface area contributed by atoms with Crippen LogP contribution in [0, 0.1) is 11.3 Å². The molecule has 0 saturated heterocycles. The number of nitrogens with zero attached hydrogens (tertiary/aromatic N) is 2. The number of aliphatic carboxylic acids is 1. The monoisotopic (exact) mass is 551 g/mol. The Morgan fingerprint density at radius 2 is 1.23 bits per heavy atom. The van der Waals surface area contributed by atoms with Crippen LogP contribution in [0.4, 0.5) is 4.79 Å². The van der Waals surface area contributed by atoms with Crippen molar-refractivity contribution in [2.45, 2.75) is 168 Å². The normalized spacial score (nSPS) is 13.7. The number of unbranched alkanes of at least 4 members (excludes halogenated alkanes) is 15. The number of carboxylic acid groups (broad SMARTS) is 1. The molecule has 0 heterocycles. The number of carboxylic acids is 1. The van der Waals surface area contributed by atoms with E-state index in [-0.39, 0.29) is 13.0 Å². The van der Waals surface area contributed by atoms with Crippen LogP contribution in [0.2, 0.25) is 0 Å². The van der Waals surface area contributed by atoms with Gasteiger partial charge in [-0.25, -0.2) is 9.59 Å². The van der Waals surface area contributed by atoms with Crippen molar-refractivity contribution in [2.24, 2.45) is 0 Å². The number of hydrogen-bond donors (Lipinski definition) is 2. The summed E-state index contributed by atoms with van der Waals surface area (Å²) >= 11 is 0. The quantitative estimate of drug-likeness (QED) is 0.133. The van der Waals surface area contributed by atoms with Crippen molar-refractivity contribution in [1.29, 1.82) is 5.26 Å². The first-order chi connectivity index (χ1) is 18.4. The zero-order valence-electron chi connectivity index (χ0n) is 25.8. The van der Waals surface area contributed by atoms with Gasteiger partial charge in [0.25, 0.3) is 0 Å². The molecule has 2 N–H and O–H groups in total. The Bertz CT molecular complexity index is 743. The maximum absolute atomic E-state index is 13.2. The molecule has 2 amide bonds. The number of rotatable bonds is 22. The van der Waals surface area contributed by atoms with Gasteiger partial charge >= 0.3 is 12.1 Å². The second kappa shape index (κ2) is 20.6. The second-order valence-electron chi connectivity index (χ2n) is 12.1. The van der Waals surface area contributed by atoms with E-state index in [1.54, 1.807) is 20.8 Å². The SMILES string of the molecule is CCCCCCCCCCCCCCCCCCN(C(=O)[C@@H](C)NC(=O)OC(C)(C)C)[C@](C)(CC#N)C(=O)O. The molecule has 0 fully saturated rings. The molecule has 226 valence electrons. The molecular formula is C31H57N3O5. The van der Waals surface area contributed by atoms with E-state index in [0.29, 0.717) is 6.42 Å². The highest BCUT2D eigenvalue weighted by molar-refractivity contribution is 5.91. The number of alkyl carbamates (subject to hydrolysis) is 1. The average molecular weight is 552 g/mol. The number of ether oxygens (including phenoxy) is 1. The summed E-state index contributed by atoms with van der Waals surface area (Å²) in [5, 5.41) is 21.6. The summed E-state index contributed by atoms with van der Waals surface area (Å²) in [6.07, 6.45) is 18.5. The highest BCUT2D eigenvalue weighted by Gasteiger charge is 2.43. The van der Waals surface area contributed by atoms with Gasteiger partial charge in [-0.15, -0.1) is 0 Å². The van der Waals surface area contributed by atoms with Crippen LogP contribution >= 0.6 is 0 Å². The van der Waals surface area contributed by atoms with Gasteiger partial charge in [0.15, 0.2) is 5.54 Å². The number of hydrogen-bond acceptors (Lipinski definition) is 5. The molecular weight excluding hydrogens is 494 g/mol. The van der Waals surface area contributed by atoms with Gasteiger partial charge in [-0.3, -0.25) is 4.79 Å². The predicted octanol–water partition coefficient (Wildman–Crippen LogP) is 7.75. The maximum Gasteiger partial charge on any atom is 0.408 e. The van der Waals surface area contributed by atoms with E-state index in [0.717, 1.165) is 19.3 Å². The van der Waals surface area contributed by atoms with Crippen molar-refractivity contribution in [3.8, 4) is 6.07 Å². The van der Waals surface area contributed by atoms with Crippen molar-refractivity contribution in [1.82, 2.24) is 10.2 Å². The fourth-order valence-corrected chi connectivity index (χ4v) is 4.64. The minimum absolute atomic E-state index is 0.210. The molecule has 0 aromatic rings. The fourth-order valence-electron chi connectivity index (χ4n) is 4.64. The zero-order chi connectivity index (χ0) is 29.7. The summed E-state index contributed by atoms with van der Waals surface area (Å²) in [4.78, 5) is 38.7. The summed E-state index contributed by atoms with van der Waals surface area (Å²) in [5.41, 5.74) is -2.40. The summed E-state index contributed by atoms with van der Waals surface area (Å²) in [5.74, 6) is -1.78. The first kappa shape index (κ1) is 36.7. The number of nitriles is 1. The molecule has 0 bridgehead atoms. The van der Waals surface area contributed by atoms with E-state index in [4.69, 9.17) is 4.74 Å². The molecule has 0 unspecified atom stereocenters. The molecule has 0 spiro atoms. The Morgan fingerprint density at radius 1 is 0.821 bits per heavy atom. The first-order valence-electron chi connectivity index (χ1n) is 15.3. The van der Waals surface area contributed by atoms with Crippen LogP contribution in [0.5, 0.6) is 0 Å². The fraction of sp³-hybridized carbons (Fsp3) is 0.871. The Morgan fingerprint density at radius 3 is 1.59 bits per heavy atom. The Labute approximate surface area is 238 Å². The van der Waals surface area contributed by atoms with Gasteiger partial charge in [-0.2, -0.15) is 5.26 Å². The van der Waals surface area contributed by atoms with Gasteiger partial charge in [0.05, 0.1) is 12.5 Å². The van der Waals surface area contributed by atoms with Crippen LogP contribution in [-0.2, 0) is 14.3 Å². The van der Waals surface area contributed by atoms with Crippen molar-refractivity contribution in [3.63, 3.8) is 0 Å². The van der Waals surface area contributed by atoms with E-state index >= 15 is 0 Å². The molecule has 0 aliphatic rings. The van der Waals surface area contributed by atoms with Crippen LogP contribution in [0.15, 0.2) is 0 Å². The third-order valence-electron chi connectivity index (χ3n) is 7.08. The molecule has 8 heteroatoms. The van der Waals surface area contributed by atoms with Crippen LogP contribution in [0.25, 0.3) is 0 Å². The number of carbonyl (C=O) groups is 3. The van der Waals surface area contributed by atoms with Crippen molar-refractivity contribution >= 4 is 18.0 Å². The highest BCUT2D eigenvalue weighted by atomic mass is 16.6. The maximum atomic E-state index is 13.2. The zero-order valence-corrected chi connectivity index (χ0v) is 25.8. The van der Waals surface area contributed by atoms with Gasteiger partial charge in [0.1, 0.15) is 11.6 Å². The van der Waals surface area contributed by atoms with Crippen LogP contribution in [-0.4, -0.2) is 51.7 Å². The lowest BCUT2D eigenvalue weighted by Crippen LogP contribution is -2.59. The second-order valence-corrected chi connectivity index (χ2v) is 12.1. The van der Waals surface area contributed by atoms with Gasteiger partial charge < -0.3 is 20.1 Å². The molecule has 39 heavy (non-hydrogen) atoms. The lowest BCUT2D eigenvalue weighted by atomic mass is 9.94. The lowest BCUT2D eigenvalue weighted by Gasteiger charge is -2.38. The summed E-state index contributed by atoms with van der Waals surface area (Å²) in [7, 11) is 0. The smallest absolute Gasteiger partial charge is 0.408 e. The minimum atomic E-state index is -1.68. The van der Waals surface area contributed by atoms with Crippen molar-refractivity contribution in [3.05, 3.63) is 0 Å². The third kappa shape index (κ3) is 17.1. The number of carbonyl (C=O) groups excluding carboxylic acids is 2. The minimum Gasteiger partial charge on any atom is -0.479 e. The Kier molecular flexibility index (Phi) is 19.4. The standard InChI is InChI=1S/C31H57N3O5/c1-7-8-9-10-11-12-13-14-15-16-17-18-19-20-21-22-25-34(31(6,23-24-32)28(36)37)27(35)26(2)33-29(38)39-30(3,4)5/h26H,7-23,25H2,1-6H3,(H,33,38)(H,36,37)/t26-,31-/m1/s1. The Balaban J connectivity index is 4.49. The van der Waals surface area contributed by atoms with E-state index < -0.39 is 35.2 Å². The number of nitrogens with one attached hydrogen (secondary N) is 1.